The predicted molar refractivity (Wildman–Crippen MR) is 89.9 cm³/mol. The van der Waals surface area contributed by atoms with Crippen LogP contribution in [0.2, 0.25) is 0 Å². The molecule has 0 atom stereocenters. The molecule has 1 heterocycles. The quantitative estimate of drug-likeness (QED) is 0.697. The van der Waals surface area contributed by atoms with Crippen LogP contribution in [0.15, 0.2) is 76.1 Å². The van der Waals surface area contributed by atoms with Gasteiger partial charge in [-0.1, -0.05) is 36.4 Å². The summed E-state index contributed by atoms with van der Waals surface area (Å²) in [5.74, 6) is 0. The Morgan fingerprint density at radius 1 is 0.955 bits per heavy atom. The highest BCUT2D eigenvalue weighted by molar-refractivity contribution is 9.10. The summed E-state index contributed by atoms with van der Waals surface area (Å²) in [6.07, 6.45) is 1.73. The molecule has 3 rings (SSSR count). The molecule has 0 fully saturated rings. The van der Waals surface area contributed by atoms with Crippen LogP contribution >= 0.6 is 15.9 Å². The number of rotatable bonds is 2. The van der Waals surface area contributed by atoms with Crippen molar-refractivity contribution in [3.63, 3.8) is 0 Å². The molecule has 0 aliphatic heterocycles. The number of hydrogen-bond acceptors (Lipinski definition) is 2. The molecule has 0 saturated carbocycles. The summed E-state index contributed by atoms with van der Waals surface area (Å²) in [4.78, 5) is 12.8. The standard InChI is InChI=1S/C18H11BrN2O/c19-14-10-17(16-9-5-4-6-13(16)11-20)18(22)21(12-14)15-7-2-1-3-8-15/h1-10,12H. The summed E-state index contributed by atoms with van der Waals surface area (Å²) in [5.41, 5.74) is 2.25. The van der Waals surface area contributed by atoms with Gasteiger partial charge in [0, 0.05) is 27.5 Å². The molecule has 1 aromatic heterocycles. The monoisotopic (exact) mass is 350 g/mol. The van der Waals surface area contributed by atoms with Crippen LogP contribution in [0, 0.1) is 11.3 Å². The Morgan fingerprint density at radius 2 is 1.64 bits per heavy atom. The zero-order valence-electron chi connectivity index (χ0n) is 11.5. The first-order chi connectivity index (χ1) is 10.7. The zero-order valence-corrected chi connectivity index (χ0v) is 13.1. The van der Waals surface area contributed by atoms with Crippen LogP contribution < -0.4 is 5.56 Å². The van der Waals surface area contributed by atoms with Crippen molar-refractivity contribution in [2.24, 2.45) is 0 Å². The molecule has 0 unspecified atom stereocenters. The Morgan fingerprint density at radius 3 is 2.36 bits per heavy atom. The number of halogens is 1. The minimum Gasteiger partial charge on any atom is -0.283 e. The largest absolute Gasteiger partial charge is 0.283 e. The van der Waals surface area contributed by atoms with Gasteiger partial charge in [0.05, 0.1) is 11.6 Å². The van der Waals surface area contributed by atoms with Gasteiger partial charge < -0.3 is 0 Å². The van der Waals surface area contributed by atoms with Crippen molar-refractivity contribution in [3.05, 3.63) is 87.3 Å². The molecule has 3 nitrogen and oxygen atoms in total. The van der Waals surface area contributed by atoms with Crippen molar-refractivity contribution in [1.82, 2.24) is 4.57 Å². The molecule has 4 heteroatoms. The summed E-state index contributed by atoms with van der Waals surface area (Å²) in [7, 11) is 0. The van der Waals surface area contributed by atoms with Gasteiger partial charge in [-0.15, -0.1) is 0 Å². The van der Waals surface area contributed by atoms with E-state index in [4.69, 9.17) is 0 Å². The maximum Gasteiger partial charge on any atom is 0.263 e. The van der Waals surface area contributed by atoms with Crippen LogP contribution in [0.1, 0.15) is 5.56 Å². The van der Waals surface area contributed by atoms with Gasteiger partial charge in [-0.3, -0.25) is 9.36 Å². The van der Waals surface area contributed by atoms with Gasteiger partial charge in [-0.2, -0.15) is 5.26 Å². The van der Waals surface area contributed by atoms with Gasteiger partial charge in [0.1, 0.15) is 0 Å². The fraction of sp³-hybridized carbons (Fsp3) is 0. The molecular formula is C18H11BrN2O. The Kier molecular flexibility index (Phi) is 3.90. The maximum absolute atomic E-state index is 12.8. The average molecular weight is 351 g/mol. The second-order valence-electron chi connectivity index (χ2n) is 4.74. The van der Waals surface area contributed by atoms with E-state index in [1.165, 1.54) is 0 Å². The fourth-order valence-corrected chi connectivity index (χ4v) is 2.77. The number of nitrogens with zero attached hydrogens (tertiary/aromatic N) is 2. The van der Waals surface area contributed by atoms with Crippen molar-refractivity contribution < 1.29 is 0 Å². The number of aromatic nitrogens is 1. The molecular weight excluding hydrogens is 340 g/mol. The highest BCUT2D eigenvalue weighted by Gasteiger charge is 2.12. The summed E-state index contributed by atoms with van der Waals surface area (Å²) in [6.45, 7) is 0. The molecule has 0 N–H and O–H groups in total. The fourth-order valence-electron chi connectivity index (χ4n) is 2.34. The normalized spacial score (nSPS) is 10.2. The second-order valence-corrected chi connectivity index (χ2v) is 5.66. The van der Waals surface area contributed by atoms with E-state index in [1.807, 2.05) is 36.4 Å². The topological polar surface area (TPSA) is 45.8 Å². The van der Waals surface area contributed by atoms with E-state index in [1.54, 1.807) is 35.0 Å². The second kappa shape index (κ2) is 6.00. The lowest BCUT2D eigenvalue weighted by Gasteiger charge is -2.10. The molecule has 0 saturated heterocycles. The van der Waals surface area contributed by atoms with Gasteiger partial charge in [0.2, 0.25) is 0 Å². The van der Waals surface area contributed by atoms with Crippen LogP contribution in [-0.2, 0) is 0 Å². The van der Waals surface area contributed by atoms with Gasteiger partial charge >= 0.3 is 0 Å². The Labute approximate surface area is 136 Å². The van der Waals surface area contributed by atoms with Crippen molar-refractivity contribution >= 4 is 15.9 Å². The smallest absolute Gasteiger partial charge is 0.263 e. The molecule has 0 amide bonds. The molecule has 2 aromatic carbocycles. The lowest BCUT2D eigenvalue weighted by molar-refractivity contribution is 0.986. The van der Waals surface area contributed by atoms with Gasteiger partial charge in [-0.25, -0.2) is 0 Å². The van der Waals surface area contributed by atoms with Gasteiger partial charge in [0.25, 0.3) is 5.56 Å². The first kappa shape index (κ1) is 14.3. The molecule has 0 spiro atoms. The van der Waals surface area contributed by atoms with E-state index in [0.717, 1.165) is 10.2 Å². The Hall–Kier alpha value is -2.64. The molecule has 0 bridgehead atoms. The number of para-hydroxylation sites is 1. The number of benzene rings is 2. The van der Waals surface area contributed by atoms with Crippen LogP contribution in [0.5, 0.6) is 0 Å². The number of nitriles is 1. The van der Waals surface area contributed by atoms with E-state index in [-0.39, 0.29) is 5.56 Å². The first-order valence-electron chi connectivity index (χ1n) is 6.68. The SMILES string of the molecule is N#Cc1ccccc1-c1cc(Br)cn(-c2ccccc2)c1=O. The minimum atomic E-state index is -0.155. The summed E-state index contributed by atoms with van der Waals surface area (Å²) in [6, 6.07) is 20.4. The van der Waals surface area contributed by atoms with E-state index in [2.05, 4.69) is 22.0 Å². The average Bonchev–Trinajstić information content (AvgIpc) is 2.57. The number of pyridine rings is 1. The van der Waals surface area contributed by atoms with Crippen molar-refractivity contribution in [3.8, 4) is 22.9 Å². The zero-order chi connectivity index (χ0) is 15.5. The highest BCUT2D eigenvalue weighted by Crippen LogP contribution is 2.23. The molecule has 0 radical (unpaired) electrons. The number of hydrogen-bond donors (Lipinski definition) is 0. The third-order valence-electron chi connectivity index (χ3n) is 3.36. The van der Waals surface area contributed by atoms with Crippen LogP contribution in [0.4, 0.5) is 0 Å². The van der Waals surface area contributed by atoms with Crippen LogP contribution in [0.3, 0.4) is 0 Å². The van der Waals surface area contributed by atoms with Crippen molar-refractivity contribution in [2.75, 3.05) is 0 Å². The van der Waals surface area contributed by atoms with E-state index in [9.17, 15) is 10.1 Å². The van der Waals surface area contributed by atoms with E-state index in [0.29, 0.717) is 16.7 Å². The predicted octanol–water partition coefficient (Wildman–Crippen LogP) is 4.14. The summed E-state index contributed by atoms with van der Waals surface area (Å²) >= 11 is 3.45. The highest BCUT2D eigenvalue weighted by atomic mass is 79.9. The maximum atomic E-state index is 12.8. The van der Waals surface area contributed by atoms with E-state index < -0.39 is 0 Å². The molecule has 0 aliphatic carbocycles. The minimum absolute atomic E-state index is 0.155. The van der Waals surface area contributed by atoms with Gasteiger partial charge in [0.15, 0.2) is 0 Å². The lowest BCUT2D eigenvalue weighted by atomic mass is 10.0. The van der Waals surface area contributed by atoms with Crippen molar-refractivity contribution in [1.29, 1.82) is 5.26 Å². The first-order valence-corrected chi connectivity index (χ1v) is 7.47. The lowest BCUT2D eigenvalue weighted by Crippen LogP contribution is -2.19. The van der Waals surface area contributed by atoms with Crippen molar-refractivity contribution in [2.45, 2.75) is 0 Å². The van der Waals surface area contributed by atoms with Crippen LogP contribution in [0.25, 0.3) is 16.8 Å². The molecule has 3 aromatic rings. The Bertz CT molecular complexity index is 924. The molecule has 22 heavy (non-hydrogen) atoms. The van der Waals surface area contributed by atoms with Crippen LogP contribution in [-0.4, -0.2) is 4.57 Å². The molecule has 106 valence electrons. The third kappa shape index (κ3) is 2.59. The summed E-state index contributed by atoms with van der Waals surface area (Å²) in [5, 5.41) is 9.26. The van der Waals surface area contributed by atoms with E-state index >= 15 is 0 Å². The van der Waals surface area contributed by atoms with Gasteiger partial charge in [-0.05, 0) is 40.2 Å². The third-order valence-corrected chi connectivity index (χ3v) is 3.79. The summed E-state index contributed by atoms with van der Waals surface area (Å²) < 4.78 is 2.35. The Balaban J connectivity index is 2.30. The molecule has 0 aliphatic rings.